The second-order valence-corrected chi connectivity index (χ2v) is 4.72. The lowest BCUT2D eigenvalue weighted by Crippen LogP contribution is -2.06. The molecule has 0 spiro atoms. The zero-order valence-electron chi connectivity index (χ0n) is 9.59. The third-order valence-corrected chi connectivity index (χ3v) is 3.18. The molecule has 0 saturated heterocycles. The zero-order chi connectivity index (χ0) is 12.7. The van der Waals surface area contributed by atoms with E-state index in [4.69, 9.17) is 0 Å². The van der Waals surface area contributed by atoms with Gasteiger partial charge in [0.1, 0.15) is 6.20 Å². The molecule has 1 aliphatic heterocycles. The van der Waals surface area contributed by atoms with Gasteiger partial charge >= 0.3 is 0 Å². The van der Waals surface area contributed by atoms with Gasteiger partial charge in [0.15, 0.2) is 5.78 Å². The second kappa shape index (κ2) is 7.01. The fourth-order valence-electron chi connectivity index (χ4n) is 1.25. The van der Waals surface area contributed by atoms with E-state index in [0.29, 0.717) is 12.8 Å². The van der Waals surface area contributed by atoms with Gasteiger partial charge in [-0.2, -0.15) is 0 Å². The number of hydrogen-bond acceptors (Lipinski definition) is 5. The molecule has 0 aromatic carbocycles. The van der Waals surface area contributed by atoms with Crippen LogP contribution in [0.25, 0.3) is 0 Å². The fraction of sp³-hybridized carbons (Fsp3) is 0.455. The van der Waals surface area contributed by atoms with Crippen LogP contribution >= 0.6 is 11.8 Å². The van der Waals surface area contributed by atoms with Crippen molar-refractivity contribution in [2.75, 3.05) is 5.75 Å². The van der Waals surface area contributed by atoms with Crippen LogP contribution < -0.4 is 0 Å². The summed E-state index contributed by atoms with van der Waals surface area (Å²) in [5.74, 6) is 0.883. The summed E-state index contributed by atoms with van der Waals surface area (Å²) in [5, 5.41) is 11.4. The number of carbonyl (C=O) groups is 1. The molecule has 17 heavy (non-hydrogen) atoms. The van der Waals surface area contributed by atoms with Gasteiger partial charge in [0.25, 0.3) is 5.70 Å². The smallest absolute Gasteiger partial charge is 0.264 e. The van der Waals surface area contributed by atoms with Crippen LogP contribution in [0.15, 0.2) is 29.0 Å². The lowest BCUT2D eigenvalue weighted by Gasteiger charge is -2.07. The van der Waals surface area contributed by atoms with E-state index in [1.54, 1.807) is 17.8 Å². The molecule has 0 atom stereocenters. The Kier molecular flexibility index (Phi) is 5.62. The maximum atomic E-state index is 10.6. The molecule has 0 aromatic heterocycles. The van der Waals surface area contributed by atoms with Crippen molar-refractivity contribution in [2.45, 2.75) is 26.2 Å². The SMILES string of the molecule is CC(=O)/C=C/CCSC1=NC=C([N+](=O)[O-])CC1. The molecule has 0 amide bonds. The highest BCUT2D eigenvalue weighted by atomic mass is 32.2. The molecule has 0 N–H and O–H groups in total. The number of allylic oxidation sites excluding steroid dienone is 3. The quantitative estimate of drug-likeness (QED) is 0.327. The van der Waals surface area contributed by atoms with Gasteiger partial charge in [0.2, 0.25) is 0 Å². The summed E-state index contributed by atoms with van der Waals surface area (Å²) in [5.41, 5.74) is 0.172. The Morgan fingerprint density at radius 3 is 2.94 bits per heavy atom. The van der Waals surface area contributed by atoms with E-state index in [1.807, 2.05) is 6.08 Å². The van der Waals surface area contributed by atoms with Gasteiger partial charge in [0, 0.05) is 18.6 Å². The molecule has 0 bridgehead atoms. The molecule has 0 radical (unpaired) electrons. The predicted octanol–water partition coefficient (Wildman–Crippen LogP) is 2.57. The number of ketones is 1. The number of aliphatic imine (C=N–C) groups is 1. The maximum absolute atomic E-state index is 10.6. The molecule has 6 heteroatoms. The van der Waals surface area contributed by atoms with E-state index in [1.165, 1.54) is 13.1 Å². The topological polar surface area (TPSA) is 72.6 Å². The average Bonchev–Trinajstić information content (AvgIpc) is 2.29. The number of nitrogens with zero attached hydrogens (tertiary/aromatic N) is 2. The van der Waals surface area contributed by atoms with Crippen molar-refractivity contribution >= 4 is 22.6 Å². The predicted molar refractivity (Wildman–Crippen MR) is 68.6 cm³/mol. The fourth-order valence-corrected chi connectivity index (χ4v) is 2.12. The molecular weight excluding hydrogens is 240 g/mol. The first-order valence-electron chi connectivity index (χ1n) is 5.29. The number of hydrogen-bond donors (Lipinski definition) is 0. The summed E-state index contributed by atoms with van der Waals surface area (Å²) in [6.07, 6.45) is 6.59. The molecule has 0 fully saturated rings. The van der Waals surface area contributed by atoms with Crippen molar-refractivity contribution in [3.63, 3.8) is 0 Å². The molecule has 1 rings (SSSR count). The van der Waals surface area contributed by atoms with Gasteiger partial charge in [-0.15, -0.1) is 11.8 Å². The molecule has 0 unspecified atom stereocenters. The highest BCUT2D eigenvalue weighted by molar-refractivity contribution is 8.13. The van der Waals surface area contributed by atoms with Gasteiger partial charge < -0.3 is 0 Å². The Morgan fingerprint density at radius 1 is 1.65 bits per heavy atom. The molecule has 0 aromatic rings. The summed E-state index contributed by atoms with van der Waals surface area (Å²) < 4.78 is 0. The first kappa shape index (κ1) is 13.6. The third-order valence-electron chi connectivity index (χ3n) is 2.09. The number of rotatable bonds is 5. The molecule has 1 aliphatic rings. The zero-order valence-corrected chi connectivity index (χ0v) is 10.4. The molecule has 5 nitrogen and oxygen atoms in total. The second-order valence-electron chi connectivity index (χ2n) is 3.55. The third kappa shape index (κ3) is 5.44. The summed E-state index contributed by atoms with van der Waals surface area (Å²) >= 11 is 1.58. The largest absolute Gasteiger partial charge is 0.295 e. The lowest BCUT2D eigenvalue weighted by atomic mass is 10.2. The van der Waals surface area contributed by atoms with E-state index >= 15 is 0 Å². The summed E-state index contributed by atoms with van der Waals surface area (Å²) in [6, 6.07) is 0. The monoisotopic (exact) mass is 254 g/mol. The molecule has 92 valence electrons. The van der Waals surface area contributed by atoms with E-state index in [2.05, 4.69) is 4.99 Å². The average molecular weight is 254 g/mol. The van der Waals surface area contributed by atoms with Crippen molar-refractivity contribution in [1.82, 2.24) is 0 Å². The number of carbonyl (C=O) groups excluding carboxylic acids is 1. The van der Waals surface area contributed by atoms with Crippen LogP contribution in [0.5, 0.6) is 0 Å². The summed E-state index contributed by atoms with van der Waals surface area (Å²) in [4.78, 5) is 24.7. The molecule has 0 aliphatic carbocycles. The maximum Gasteiger partial charge on any atom is 0.264 e. The Balaban J connectivity index is 2.30. The van der Waals surface area contributed by atoms with Crippen molar-refractivity contribution in [3.8, 4) is 0 Å². The molecule has 0 saturated carbocycles. The van der Waals surface area contributed by atoms with Gasteiger partial charge in [0.05, 0.1) is 9.97 Å². The van der Waals surface area contributed by atoms with Crippen molar-refractivity contribution in [2.24, 2.45) is 4.99 Å². The Morgan fingerprint density at radius 2 is 2.41 bits per heavy atom. The Bertz CT molecular complexity index is 400. The summed E-state index contributed by atoms with van der Waals surface area (Å²) in [7, 11) is 0. The highest BCUT2D eigenvalue weighted by Gasteiger charge is 2.16. The van der Waals surface area contributed by atoms with Crippen LogP contribution in [0.1, 0.15) is 26.2 Å². The van der Waals surface area contributed by atoms with Crippen LogP contribution in [0.3, 0.4) is 0 Å². The number of nitro groups is 1. The lowest BCUT2D eigenvalue weighted by molar-refractivity contribution is -0.428. The number of thioether (sulfide) groups is 1. The van der Waals surface area contributed by atoms with Crippen LogP contribution in [-0.2, 0) is 4.79 Å². The van der Waals surface area contributed by atoms with Gasteiger partial charge in [-0.1, -0.05) is 6.08 Å². The first-order chi connectivity index (χ1) is 8.09. The molecular formula is C11H14N2O3S. The van der Waals surface area contributed by atoms with Gasteiger partial charge in [-0.3, -0.25) is 14.9 Å². The van der Waals surface area contributed by atoms with Crippen LogP contribution in [-0.4, -0.2) is 21.5 Å². The minimum absolute atomic E-state index is 0.0450. The van der Waals surface area contributed by atoms with Crippen molar-refractivity contribution in [1.29, 1.82) is 0 Å². The van der Waals surface area contributed by atoms with Crippen LogP contribution in [0.2, 0.25) is 0 Å². The summed E-state index contributed by atoms with van der Waals surface area (Å²) in [6.45, 7) is 1.51. The van der Waals surface area contributed by atoms with E-state index in [9.17, 15) is 14.9 Å². The van der Waals surface area contributed by atoms with Gasteiger partial charge in [-0.25, -0.2) is 4.99 Å². The first-order valence-corrected chi connectivity index (χ1v) is 6.28. The standard InChI is InChI=1S/C11H14N2O3S/c1-9(14)4-2-3-7-17-11-6-5-10(8-12-11)13(15)16/h2,4,8H,3,5-7H2,1H3/b4-2+. The van der Waals surface area contributed by atoms with Crippen LogP contribution in [0, 0.1) is 10.1 Å². The Labute approximate surface area is 104 Å². The van der Waals surface area contributed by atoms with E-state index in [-0.39, 0.29) is 16.4 Å². The van der Waals surface area contributed by atoms with Crippen molar-refractivity contribution in [3.05, 3.63) is 34.2 Å². The van der Waals surface area contributed by atoms with Gasteiger partial charge in [-0.05, 0) is 19.4 Å². The van der Waals surface area contributed by atoms with Crippen LogP contribution in [0.4, 0.5) is 0 Å². The minimum atomic E-state index is -0.388. The van der Waals surface area contributed by atoms with E-state index < -0.39 is 0 Å². The Hall–Kier alpha value is -1.43. The van der Waals surface area contributed by atoms with E-state index in [0.717, 1.165) is 17.2 Å². The normalized spacial score (nSPS) is 15.6. The highest BCUT2D eigenvalue weighted by Crippen LogP contribution is 2.20. The minimum Gasteiger partial charge on any atom is -0.295 e. The molecule has 1 heterocycles. The van der Waals surface area contributed by atoms with Crippen molar-refractivity contribution < 1.29 is 9.72 Å².